The minimum Gasteiger partial charge on any atom is -0.456 e. The van der Waals surface area contributed by atoms with Gasteiger partial charge in [0, 0.05) is 0 Å². The molecule has 1 N–H and O–H groups in total. The third kappa shape index (κ3) is 4.24. The average molecular weight is 279 g/mol. The fourth-order valence-corrected chi connectivity index (χ4v) is 1.55. The van der Waals surface area contributed by atoms with Crippen LogP contribution in [0.1, 0.15) is 12.5 Å². The molecule has 1 aromatic rings. The lowest BCUT2D eigenvalue weighted by molar-refractivity contribution is -0.173. The van der Waals surface area contributed by atoms with Crippen molar-refractivity contribution in [3.8, 4) is 0 Å². The van der Waals surface area contributed by atoms with Crippen LogP contribution in [-0.2, 0) is 25.6 Å². The molecule has 0 aromatic heterocycles. The van der Waals surface area contributed by atoms with Crippen LogP contribution in [0.4, 0.5) is 4.79 Å². The summed E-state index contributed by atoms with van der Waals surface area (Å²) in [5.74, 6) is -0.491. The van der Waals surface area contributed by atoms with E-state index in [0.717, 1.165) is 5.56 Å². The van der Waals surface area contributed by atoms with Crippen LogP contribution in [0.25, 0.3) is 0 Å². The van der Waals surface area contributed by atoms with Crippen LogP contribution < -0.4 is 5.32 Å². The number of nitrogens with one attached hydrogen (secondary N) is 1. The molecule has 1 fully saturated rings. The van der Waals surface area contributed by atoms with Crippen LogP contribution in [0.5, 0.6) is 0 Å². The van der Waals surface area contributed by atoms with E-state index in [1.807, 2.05) is 30.3 Å². The van der Waals surface area contributed by atoms with Crippen molar-refractivity contribution in [3.05, 3.63) is 35.9 Å². The highest BCUT2D eigenvalue weighted by Gasteiger charge is 2.26. The minimum absolute atomic E-state index is 0.158. The van der Waals surface area contributed by atoms with Gasteiger partial charge < -0.3 is 19.5 Å². The number of rotatable bonds is 5. The molecule has 0 unspecified atom stereocenters. The highest BCUT2D eigenvalue weighted by molar-refractivity contribution is 5.81. The number of alkyl carbamates (subject to hydrolysis) is 1. The van der Waals surface area contributed by atoms with Crippen LogP contribution in [-0.4, -0.2) is 37.4 Å². The maximum Gasteiger partial charge on any atom is 0.408 e. The Balaban J connectivity index is 1.69. The summed E-state index contributed by atoms with van der Waals surface area (Å²) in [4.78, 5) is 23.1. The molecule has 108 valence electrons. The molecule has 1 heterocycles. The van der Waals surface area contributed by atoms with Gasteiger partial charge in [0.15, 0.2) is 0 Å². The molecule has 0 saturated carbocycles. The SMILES string of the molecule is C[C@H](NC(=O)OCc1ccccc1)C(=O)OC1COC1. The number of benzene rings is 1. The van der Waals surface area contributed by atoms with Crippen molar-refractivity contribution in [1.29, 1.82) is 0 Å². The van der Waals surface area contributed by atoms with Crippen molar-refractivity contribution in [3.63, 3.8) is 0 Å². The minimum atomic E-state index is -0.751. The number of amides is 1. The summed E-state index contributed by atoms with van der Waals surface area (Å²) >= 11 is 0. The van der Waals surface area contributed by atoms with Gasteiger partial charge in [0.25, 0.3) is 0 Å². The van der Waals surface area contributed by atoms with E-state index >= 15 is 0 Å². The van der Waals surface area contributed by atoms with E-state index in [0.29, 0.717) is 13.2 Å². The van der Waals surface area contributed by atoms with Gasteiger partial charge in [-0.15, -0.1) is 0 Å². The fraction of sp³-hybridized carbons (Fsp3) is 0.429. The Morgan fingerprint density at radius 3 is 2.65 bits per heavy atom. The maximum absolute atomic E-state index is 11.6. The first kappa shape index (κ1) is 14.3. The summed E-state index contributed by atoms with van der Waals surface area (Å²) in [7, 11) is 0. The lowest BCUT2D eigenvalue weighted by Gasteiger charge is -2.26. The van der Waals surface area contributed by atoms with Gasteiger partial charge in [-0.3, -0.25) is 0 Å². The van der Waals surface area contributed by atoms with Gasteiger partial charge in [-0.05, 0) is 12.5 Å². The third-order valence-electron chi connectivity index (χ3n) is 2.79. The predicted molar refractivity (Wildman–Crippen MR) is 69.9 cm³/mol. The Kier molecular flexibility index (Phi) is 4.95. The number of hydrogen-bond acceptors (Lipinski definition) is 5. The van der Waals surface area contributed by atoms with Crippen LogP contribution in [0.2, 0.25) is 0 Å². The van der Waals surface area contributed by atoms with Crippen molar-refractivity contribution in [2.45, 2.75) is 25.7 Å². The fourth-order valence-electron chi connectivity index (χ4n) is 1.55. The van der Waals surface area contributed by atoms with Gasteiger partial charge in [-0.2, -0.15) is 0 Å². The lowest BCUT2D eigenvalue weighted by Crippen LogP contribution is -2.45. The number of carbonyl (C=O) groups excluding carboxylic acids is 2. The summed E-state index contributed by atoms with van der Waals surface area (Å²) in [6.07, 6.45) is -0.852. The van der Waals surface area contributed by atoms with E-state index in [9.17, 15) is 9.59 Å². The van der Waals surface area contributed by atoms with Crippen molar-refractivity contribution in [2.75, 3.05) is 13.2 Å². The molecule has 1 atom stereocenters. The van der Waals surface area contributed by atoms with Crippen molar-refractivity contribution in [1.82, 2.24) is 5.32 Å². The smallest absolute Gasteiger partial charge is 0.408 e. The van der Waals surface area contributed by atoms with E-state index < -0.39 is 18.1 Å². The molecule has 0 spiro atoms. The van der Waals surface area contributed by atoms with Crippen molar-refractivity contribution >= 4 is 12.1 Å². The van der Waals surface area contributed by atoms with Crippen LogP contribution in [0.3, 0.4) is 0 Å². The van der Waals surface area contributed by atoms with Gasteiger partial charge in [0.1, 0.15) is 18.8 Å². The Labute approximate surface area is 117 Å². The number of hydrogen-bond donors (Lipinski definition) is 1. The highest BCUT2D eigenvalue weighted by Crippen LogP contribution is 2.07. The zero-order valence-electron chi connectivity index (χ0n) is 11.2. The zero-order valence-corrected chi connectivity index (χ0v) is 11.2. The van der Waals surface area contributed by atoms with E-state index in [-0.39, 0.29) is 12.7 Å². The van der Waals surface area contributed by atoms with Gasteiger partial charge in [-0.25, -0.2) is 9.59 Å². The molecule has 0 aliphatic carbocycles. The van der Waals surface area contributed by atoms with Crippen LogP contribution >= 0.6 is 0 Å². The molecule has 6 nitrogen and oxygen atoms in total. The molecule has 1 aliphatic heterocycles. The molecular weight excluding hydrogens is 262 g/mol. The van der Waals surface area contributed by atoms with Gasteiger partial charge in [-0.1, -0.05) is 30.3 Å². The van der Waals surface area contributed by atoms with Gasteiger partial charge in [0.2, 0.25) is 0 Å². The average Bonchev–Trinajstić information content (AvgIpc) is 2.41. The molecule has 1 aliphatic rings. The predicted octanol–water partition coefficient (Wildman–Crippen LogP) is 1.24. The Bertz CT molecular complexity index is 458. The number of carbonyl (C=O) groups is 2. The topological polar surface area (TPSA) is 73.9 Å². The molecule has 20 heavy (non-hydrogen) atoms. The van der Waals surface area contributed by atoms with Crippen LogP contribution in [0.15, 0.2) is 30.3 Å². The molecular formula is C14H17NO5. The largest absolute Gasteiger partial charge is 0.456 e. The third-order valence-corrected chi connectivity index (χ3v) is 2.79. The quantitative estimate of drug-likeness (QED) is 0.821. The first-order valence-corrected chi connectivity index (χ1v) is 6.40. The first-order chi connectivity index (χ1) is 9.65. The standard InChI is InChI=1S/C14H17NO5/c1-10(13(16)20-12-8-18-9-12)15-14(17)19-7-11-5-3-2-4-6-11/h2-6,10,12H,7-9H2,1H3,(H,15,17)/t10-/m0/s1. The van der Waals surface area contributed by atoms with Crippen LogP contribution in [0, 0.1) is 0 Å². The monoisotopic (exact) mass is 279 g/mol. The van der Waals surface area contributed by atoms with E-state index in [1.54, 1.807) is 6.92 Å². The summed E-state index contributed by atoms with van der Waals surface area (Å²) in [6.45, 7) is 2.53. The maximum atomic E-state index is 11.6. The Morgan fingerprint density at radius 1 is 1.35 bits per heavy atom. The second-order valence-corrected chi connectivity index (χ2v) is 4.52. The Morgan fingerprint density at radius 2 is 2.05 bits per heavy atom. The number of esters is 1. The summed E-state index contributed by atoms with van der Waals surface area (Å²) in [5.41, 5.74) is 0.879. The molecule has 1 saturated heterocycles. The van der Waals surface area contributed by atoms with Crippen molar-refractivity contribution < 1.29 is 23.8 Å². The second-order valence-electron chi connectivity index (χ2n) is 4.52. The molecule has 0 radical (unpaired) electrons. The number of ether oxygens (including phenoxy) is 3. The second kappa shape index (κ2) is 6.91. The first-order valence-electron chi connectivity index (χ1n) is 6.40. The summed E-state index contributed by atoms with van der Waals surface area (Å²) in [5, 5.41) is 2.43. The molecule has 2 rings (SSSR count). The lowest BCUT2D eigenvalue weighted by atomic mass is 10.2. The summed E-state index contributed by atoms with van der Waals surface area (Å²) in [6, 6.07) is 8.54. The molecule has 1 amide bonds. The Hall–Kier alpha value is -2.08. The normalized spacial score (nSPS) is 15.8. The molecule has 1 aromatic carbocycles. The van der Waals surface area contributed by atoms with Crippen molar-refractivity contribution in [2.24, 2.45) is 0 Å². The van der Waals surface area contributed by atoms with Gasteiger partial charge >= 0.3 is 12.1 Å². The summed E-state index contributed by atoms with van der Waals surface area (Å²) < 4.78 is 15.0. The molecule has 0 bridgehead atoms. The zero-order chi connectivity index (χ0) is 14.4. The van der Waals surface area contributed by atoms with E-state index in [2.05, 4.69) is 5.32 Å². The van der Waals surface area contributed by atoms with Gasteiger partial charge in [0.05, 0.1) is 13.2 Å². The molecule has 6 heteroatoms. The van der Waals surface area contributed by atoms with E-state index in [1.165, 1.54) is 0 Å². The highest BCUT2D eigenvalue weighted by atomic mass is 16.6. The van der Waals surface area contributed by atoms with E-state index in [4.69, 9.17) is 14.2 Å².